The molecule has 1 N–H and O–H groups in total. The summed E-state index contributed by atoms with van der Waals surface area (Å²) in [5.74, 6) is 0.564. The standard InChI is InChI=1S/C28H28N6O3/c35-26(32-14-16-33(17-15-32)28-29-12-3-13-30-28)20-8-6-19(7-9-20)25-31-23-18-21(27(36)37)10-11-24(23)34(25)22-4-1-2-5-22/h3,6-13,18,22H,1-2,4-5,14-17H2,(H,36,37). The molecule has 0 radical (unpaired) electrons. The van der Waals surface area contributed by atoms with Crippen LogP contribution in [0.15, 0.2) is 60.9 Å². The van der Waals surface area contributed by atoms with Gasteiger partial charge in [0.1, 0.15) is 5.82 Å². The minimum absolute atomic E-state index is 0.00979. The average molecular weight is 497 g/mol. The van der Waals surface area contributed by atoms with E-state index in [1.165, 1.54) is 12.8 Å². The summed E-state index contributed by atoms with van der Waals surface area (Å²) in [7, 11) is 0. The van der Waals surface area contributed by atoms with Gasteiger partial charge in [-0.15, -0.1) is 0 Å². The molecule has 0 spiro atoms. The van der Waals surface area contributed by atoms with E-state index in [0.717, 1.165) is 29.7 Å². The Hall–Kier alpha value is -4.27. The number of carboxylic acid groups (broad SMARTS) is 1. The summed E-state index contributed by atoms with van der Waals surface area (Å²) in [6.07, 6.45) is 7.97. The van der Waals surface area contributed by atoms with E-state index in [2.05, 4.69) is 19.4 Å². The number of carbonyl (C=O) groups is 2. The monoisotopic (exact) mass is 496 g/mol. The highest BCUT2D eigenvalue weighted by Crippen LogP contribution is 2.37. The molecule has 9 nitrogen and oxygen atoms in total. The molecule has 0 bridgehead atoms. The van der Waals surface area contributed by atoms with Gasteiger partial charge in [0, 0.05) is 55.7 Å². The van der Waals surface area contributed by atoms with Crippen molar-refractivity contribution >= 4 is 28.9 Å². The Morgan fingerprint density at radius 1 is 0.865 bits per heavy atom. The zero-order valence-electron chi connectivity index (χ0n) is 20.5. The largest absolute Gasteiger partial charge is 0.478 e. The Morgan fingerprint density at radius 3 is 2.22 bits per heavy atom. The topological polar surface area (TPSA) is 104 Å². The highest BCUT2D eigenvalue weighted by Gasteiger charge is 2.26. The van der Waals surface area contributed by atoms with Crippen LogP contribution in [0, 0.1) is 0 Å². The Bertz CT molecular complexity index is 1440. The van der Waals surface area contributed by atoms with Gasteiger partial charge in [0.05, 0.1) is 16.6 Å². The molecule has 0 unspecified atom stereocenters. The van der Waals surface area contributed by atoms with Gasteiger partial charge >= 0.3 is 5.97 Å². The molecular formula is C28H28N6O3. The van der Waals surface area contributed by atoms with Gasteiger partial charge in [0.15, 0.2) is 0 Å². The maximum atomic E-state index is 13.2. The molecule has 3 heterocycles. The van der Waals surface area contributed by atoms with Crippen LogP contribution in [-0.2, 0) is 0 Å². The number of aromatic carboxylic acids is 1. The van der Waals surface area contributed by atoms with E-state index in [-0.39, 0.29) is 11.5 Å². The lowest BCUT2D eigenvalue weighted by atomic mass is 10.1. The number of carboxylic acids is 1. The predicted molar refractivity (Wildman–Crippen MR) is 140 cm³/mol. The van der Waals surface area contributed by atoms with Gasteiger partial charge in [0.25, 0.3) is 5.91 Å². The second-order valence-corrected chi connectivity index (χ2v) is 9.66. The van der Waals surface area contributed by atoms with Crippen molar-refractivity contribution in [1.29, 1.82) is 0 Å². The van der Waals surface area contributed by atoms with Crippen molar-refractivity contribution in [2.75, 3.05) is 31.1 Å². The van der Waals surface area contributed by atoms with Crippen LogP contribution in [0.3, 0.4) is 0 Å². The van der Waals surface area contributed by atoms with Crippen LogP contribution in [0.5, 0.6) is 0 Å². The maximum Gasteiger partial charge on any atom is 0.335 e. The highest BCUT2D eigenvalue weighted by atomic mass is 16.4. The van der Waals surface area contributed by atoms with E-state index >= 15 is 0 Å². The SMILES string of the molecule is O=C(O)c1ccc2c(c1)nc(-c1ccc(C(=O)N3CCN(c4ncccn4)CC3)cc1)n2C1CCCC1. The summed E-state index contributed by atoms with van der Waals surface area (Å²) in [4.78, 5) is 42.2. The number of hydrogen-bond acceptors (Lipinski definition) is 6. The number of carbonyl (C=O) groups excluding carboxylic acids is 1. The van der Waals surface area contributed by atoms with Gasteiger partial charge in [-0.05, 0) is 49.2 Å². The van der Waals surface area contributed by atoms with Gasteiger partial charge in [-0.2, -0.15) is 0 Å². The summed E-state index contributed by atoms with van der Waals surface area (Å²) in [6, 6.07) is 14.9. The van der Waals surface area contributed by atoms with Crippen molar-refractivity contribution < 1.29 is 14.7 Å². The summed E-state index contributed by atoms with van der Waals surface area (Å²) >= 11 is 0. The van der Waals surface area contributed by atoms with Crippen molar-refractivity contribution in [3.05, 3.63) is 72.1 Å². The molecule has 1 aliphatic carbocycles. The second kappa shape index (κ2) is 9.65. The third kappa shape index (κ3) is 4.41. The van der Waals surface area contributed by atoms with Gasteiger partial charge in [0.2, 0.25) is 5.95 Å². The lowest BCUT2D eigenvalue weighted by Gasteiger charge is -2.34. The van der Waals surface area contributed by atoms with Crippen molar-refractivity contribution in [2.24, 2.45) is 0 Å². The molecular weight excluding hydrogens is 468 g/mol. The minimum Gasteiger partial charge on any atom is -0.478 e. The van der Waals surface area contributed by atoms with E-state index < -0.39 is 5.97 Å². The van der Waals surface area contributed by atoms with Crippen molar-refractivity contribution in [2.45, 2.75) is 31.7 Å². The van der Waals surface area contributed by atoms with E-state index in [9.17, 15) is 14.7 Å². The number of piperazine rings is 1. The lowest BCUT2D eigenvalue weighted by molar-refractivity contribution is 0.0695. The maximum absolute atomic E-state index is 13.2. The molecule has 9 heteroatoms. The molecule has 6 rings (SSSR count). The molecule has 2 aromatic heterocycles. The predicted octanol–water partition coefficient (Wildman–Crippen LogP) is 4.27. The Balaban J connectivity index is 1.24. The fourth-order valence-corrected chi connectivity index (χ4v) is 5.48. The van der Waals surface area contributed by atoms with Crippen LogP contribution in [0.2, 0.25) is 0 Å². The number of benzene rings is 2. The van der Waals surface area contributed by atoms with Crippen LogP contribution >= 0.6 is 0 Å². The first-order chi connectivity index (χ1) is 18.1. The smallest absolute Gasteiger partial charge is 0.335 e. The normalized spacial score (nSPS) is 16.4. The van der Waals surface area contributed by atoms with E-state index in [4.69, 9.17) is 4.98 Å². The van der Waals surface area contributed by atoms with Crippen molar-refractivity contribution in [3.63, 3.8) is 0 Å². The zero-order chi connectivity index (χ0) is 25.4. The Kier molecular flexibility index (Phi) is 6.04. The van der Waals surface area contributed by atoms with Gasteiger partial charge in [-0.3, -0.25) is 4.79 Å². The molecule has 2 fully saturated rings. The summed E-state index contributed by atoms with van der Waals surface area (Å²) in [6.45, 7) is 2.61. The number of imidazole rings is 1. The van der Waals surface area contributed by atoms with Crippen LogP contribution in [0.4, 0.5) is 5.95 Å². The quantitative estimate of drug-likeness (QED) is 0.440. The molecule has 2 aliphatic rings. The van der Waals surface area contributed by atoms with E-state index in [1.807, 2.05) is 35.2 Å². The van der Waals surface area contributed by atoms with Gasteiger partial charge in [-0.1, -0.05) is 25.0 Å². The molecule has 4 aromatic rings. The number of fused-ring (bicyclic) bond motifs is 1. The van der Waals surface area contributed by atoms with Crippen LogP contribution < -0.4 is 4.90 Å². The summed E-state index contributed by atoms with van der Waals surface area (Å²) in [5, 5.41) is 9.43. The summed E-state index contributed by atoms with van der Waals surface area (Å²) in [5.41, 5.74) is 3.43. The first-order valence-corrected chi connectivity index (χ1v) is 12.8. The number of amides is 1. The van der Waals surface area contributed by atoms with E-state index in [1.54, 1.807) is 30.6 Å². The molecule has 188 valence electrons. The Morgan fingerprint density at radius 2 is 1.54 bits per heavy atom. The van der Waals surface area contributed by atoms with Crippen LogP contribution in [0.25, 0.3) is 22.4 Å². The number of hydrogen-bond donors (Lipinski definition) is 1. The highest BCUT2D eigenvalue weighted by molar-refractivity contribution is 5.95. The van der Waals surface area contributed by atoms with Crippen LogP contribution in [-0.4, -0.2) is 67.6 Å². The molecule has 1 saturated carbocycles. The zero-order valence-corrected chi connectivity index (χ0v) is 20.5. The molecule has 2 aromatic carbocycles. The lowest BCUT2D eigenvalue weighted by Crippen LogP contribution is -2.49. The fourth-order valence-electron chi connectivity index (χ4n) is 5.48. The first kappa shape index (κ1) is 23.1. The summed E-state index contributed by atoms with van der Waals surface area (Å²) < 4.78 is 2.26. The minimum atomic E-state index is -0.959. The Labute approximate surface area is 214 Å². The average Bonchev–Trinajstić information content (AvgIpc) is 3.61. The molecule has 1 aliphatic heterocycles. The van der Waals surface area contributed by atoms with Crippen LogP contribution in [0.1, 0.15) is 52.4 Å². The molecule has 1 saturated heterocycles. The number of anilines is 1. The first-order valence-electron chi connectivity index (χ1n) is 12.8. The second-order valence-electron chi connectivity index (χ2n) is 9.66. The number of rotatable bonds is 5. The number of aromatic nitrogens is 4. The molecule has 0 atom stereocenters. The van der Waals surface area contributed by atoms with Gasteiger partial charge < -0.3 is 19.5 Å². The molecule has 1 amide bonds. The van der Waals surface area contributed by atoms with Crippen molar-refractivity contribution in [3.8, 4) is 11.4 Å². The van der Waals surface area contributed by atoms with Gasteiger partial charge in [-0.25, -0.2) is 19.7 Å². The fraction of sp³-hybridized carbons (Fsp3) is 0.321. The third-order valence-electron chi connectivity index (χ3n) is 7.42. The van der Waals surface area contributed by atoms with Crippen molar-refractivity contribution in [1.82, 2.24) is 24.4 Å². The molecule has 37 heavy (non-hydrogen) atoms. The number of nitrogens with zero attached hydrogens (tertiary/aromatic N) is 6. The van der Waals surface area contributed by atoms with E-state index in [0.29, 0.717) is 49.2 Å². The third-order valence-corrected chi connectivity index (χ3v) is 7.42.